The van der Waals surface area contributed by atoms with E-state index in [9.17, 15) is 8.42 Å². The third-order valence-electron chi connectivity index (χ3n) is 4.11. The van der Waals surface area contributed by atoms with Crippen LogP contribution in [0, 0.1) is 20.8 Å². The van der Waals surface area contributed by atoms with Crippen LogP contribution in [-0.4, -0.2) is 24.3 Å². The van der Waals surface area contributed by atoms with Crippen molar-refractivity contribution in [3.63, 3.8) is 0 Å². The minimum absolute atomic E-state index is 0.0236. The lowest BCUT2D eigenvalue weighted by Crippen LogP contribution is -2.36. The predicted molar refractivity (Wildman–Crippen MR) is 119 cm³/mol. The summed E-state index contributed by atoms with van der Waals surface area (Å²) in [5.74, 6) is 0.282. The molecule has 0 saturated heterocycles. The summed E-state index contributed by atoms with van der Waals surface area (Å²) < 4.78 is 28.2. The zero-order valence-corrected chi connectivity index (χ0v) is 18.4. The van der Waals surface area contributed by atoms with Crippen molar-refractivity contribution in [3.05, 3.63) is 82.1 Å². The first kappa shape index (κ1) is 21.7. The second kappa shape index (κ2) is 9.23. The molecule has 3 aromatic rings. The first-order valence-corrected chi connectivity index (χ1v) is 11.0. The van der Waals surface area contributed by atoms with Gasteiger partial charge in [0.15, 0.2) is 0 Å². The summed E-state index contributed by atoms with van der Waals surface area (Å²) in [6, 6.07) is 15.5. The summed E-state index contributed by atoms with van der Waals surface area (Å²) in [6.45, 7) is 5.80. The minimum Gasteiger partial charge on any atom is -0.294 e. The summed E-state index contributed by atoms with van der Waals surface area (Å²) >= 11 is 5.92. The molecule has 1 aromatic heterocycles. The first-order valence-electron chi connectivity index (χ1n) is 9.19. The molecule has 0 radical (unpaired) electrons. The Morgan fingerprint density at radius 2 is 1.57 bits per heavy atom. The van der Waals surface area contributed by atoms with Gasteiger partial charge in [0.05, 0.1) is 11.4 Å². The van der Waals surface area contributed by atoms with Gasteiger partial charge in [0, 0.05) is 16.4 Å². The topological polar surface area (TPSA) is 96.3 Å². The number of aryl methyl sites for hydroxylation is 3. The van der Waals surface area contributed by atoms with Gasteiger partial charge < -0.3 is 0 Å². The molecule has 0 aliphatic heterocycles. The molecular weight excluding hydrogens is 422 g/mol. The number of guanidine groups is 1. The highest BCUT2D eigenvalue weighted by Gasteiger charge is 2.17. The maximum atomic E-state index is 12.8. The van der Waals surface area contributed by atoms with Crippen LogP contribution in [0.4, 0.5) is 5.95 Å². The van der Waals surface area contributed by atoms with Gasteiger partial charge in [0.1, 0.15) is 0 Å². The maximum Gasteiger partial charge on any atom is 0.264 e. The van der Waals surface area contributed by atoms with Gasteiger partial charge in [-0.1, -0.05) is 41.4 Å². The lowest BCUT2D eigenvalue weighted by atomic mass is 10.2. The minimum atomic E-state index is -3.85. The SMILES string of the molecule is Cc1ccc(S(=O)(=O)NC(=NCc2ccc(Cl)cc2)Nc2nc(C)cc(C)n2)cc1. The van der Waals surface area contributed by atoms with Crippen molar-refractivity contribution >= 4 is 33.5 Å². The van der Waals surface area contributed by atoms with Crippen molar-refractivity contribution in [2.45, 2.75) is 32.2 Å². The van der Waals surface area contributed by atoms with Crippen molar-refractivity contribution in [3.8, 4) is 0 Å². The monoisotopic (exact) mass is 443 g/mol. The molecule has 0 fully saturated rings. The molecule has 0 bridgehead atoms. The van der Waals surface area contributed by atoms with E-state index in [1.165, 1.54) is 0 Å². The molecule has 0 aliphatic rings. The number of anilines is 1. The van der Waals surface area contributed by atoms with Crippen molar-refractivity contribution in [1.82, 2.24) is 14.7 Å². The van der Waals surface area contributed by atoms with E-state index in [0.29, 0.717) is 5.02 Å². The maximum absolute atomic E-state index is 12.8. The van der Waals surface area contributed by atoms with Gasteiger partial charge >= 0.3 is 0 Å². The summed E-state index contributed by atoms with van der Waals surface area (Å²) in [5, 5.41) is 3.51. The van der Waals surface area contributed by atoms with Crippen LogP contribution in [0.3, 0.4) is 0 Å². The Hall–Kier alpha value is -2.97. The zero-order valence-electron chi connectivity index (χ0n) is 16.8. The van der Waals surface area contributed by atoms with E-state index in [-0.39, 0.29) is 23.3 Å². The van der Waals surface area contributed by atoms with Crippen LogP contribution < -0.4 is 10.0 Å². The fraction of sp³-hybridized carbons (Fsp3) is 0.190. The molecule has 0 spiro atoms. The number of halogens is 1. The number of hydrogen-bond acceptors (Lipinski definition) is 5. The molecule has 9 heteroatoms. The highest BCUT2D eigenvalue weighted by atomic mass is 35.5. The zero-order chi connectivity index (χ0) is 21.7. The highest BCUT2D eigenvalue weighted by Crippen LogP contribution is 2.12. The van der Waals surface area contributed by atoms with Gasteiger partial charge in [-0.25, -0.2) is 28.1 Å². The van der Waals surface area contributed by atoms with Gasteiger partial charge in [-0.2, -0.15) is 0 Å². The Bertz CT molecular complexity index is 1140. The Labute approximate surface area is 181 Å². The number of sulfonamides is 1. The van der Waals surface area contributed by atoms with Crippen LogP contribution in [0.5, 0.6) is 0 Å². The smallest absolute Gasteiger partial charge is 0.264 e. The van der Waals surface area contributed by atoms with Crippen molar-refractivity contribution in [2.24, 2.45) is 4.99 Å². The molecule has 2 aromatic carbocycles. The number of aliphatic imine (C=N–C) groups is 1. The molecule has 0 atom stereocenters. The molecule has 0 amide bonds. The van der Waals surface area contributed by atoms with E-state index in [0.717, 1.165) is 22.5 Å². The summed E-state index contributed by atoms with van der Waals surface area (Å²) in [5.41, 5.74) is 3.34. The second-order valence-corrected chi connectivity index (χ2v) is 8.93. The van der Waals surface area contributed by atoms with E-state index in [1.54, 1.807) is 36.4 Å². The molecular formula is C21H22ClN5O2S. The fourth-order valence-corrected chi connectivity index (χ4v) is 3.76. The number of rotatable bonds is 5. The number of hydrogen-bond donors (Lipinski definition) is 2. The Morgan fingerprint density at radius 1 is 0.967 bits per heavy atom. The summed E-state index contributed by atoms with van der Waals surface area (Å²) in [4.78, 5) is 13.1. The van der Waals surface area contributed by atoms with E-state index in [1.807, 2.05) is 39.0 Å². The average molecular weight is 444 g/mol. The molecule has 30 heavy (non-hydrogen) atoms. The quantitative estimate of drug-likeness (QED) is 0.459. The Kier molecular flexibility index (Phi) is 6.69. The van der Waals surface area contributed by atoms with Crippen LogP contribution in [0.2, 0.25) is 5.02 Å². The van der Waals surface area contributed by atoms with E-state index in [2.05, 4.69) is 25.0 Å². The normalized spacial score (nSPS) is 11.9. The number of nitrogens with zero attached hydrogens (tertiary/aromatic N) is 3. The molecule has 0 saturated carbocycles. The van der Waals surface area contributed by atoms with E-state index < -0.39 is 10.0 Å². The third kappa shape index (κ3) is 6.01. The van der Waals surface area contributed by atoms with Crippen LogP contribution in [0.1, 0.15) is 22.5 Å². The number of nitrogens with one attached hydrogen (secondary N) is 2. The van der Waals surface area contributed by atoms with Gasteiger partial charge in [-0.05, 0) is 56.7 Å². The number of aromatic nitrogens is 2. The van der Waals surface area contributed by atoms with Crippen LogP contribution in [-0.2, 0) is 16.6 Å². The largest absolute Gasteiger partial charge is 0.294 e. The Balaban J connectivity index is 1.90. The molecule has 0 unspecified atom stereocenters. The molecule has 2 N–H and O–H groups in total. The van der Waals surface area contributed by atoms with Crippen LogP contribution in [0.15, 0.2) is 64.5 Å². The van der Waals surface area contributed by atoms with Crippen molar-refractivity contribution in [1.29, 1.82) is 0 Å². The van der Waals surface area contributed by atoms with E-state index in [4.69, 9.17) is 11.6 Å². The van der Waals surface area contributed by atoms with Gasteiger partial charge in [-0.3, -0.25) is 5.32 Å². The van der Waals surface area contributed by atoms with Gasteiger partial charge in [-0.15, -0.1) is 0 Å². The lowest BCUT2D eigenvalue weighted by Gasteiger charge is -2.13. The molecule has 3 rings (SSSR count). The summed E-state index contributed by atoms with van der Waals surface area (Å²) in [7, 11) is -3.85. The van der Waals surface area contributed by atoms with Crippen LogP contribution >= 0.6 is 11.6 Å². The van der Waals surface area contributed by atoms with E-state index >= 15 is 0 Å². The van der Waals surface area contributed by atoms with Gasteiger partial charge in [0.2, 0.25) is 11.9 Å². The molecule has 156 valence electrons. The Morgan fingerprint density at radius 3 is 2.17 bits per heavy atom. The number of benzene rings is 2. The summed E-state index contributed by atoms with van der Waals surface area (Å²) in [6.07, 6.45) is 0. The third-order valence-corrected chi connectivity index (χ3v) is 5.71. The van der Waals surface area contributed by atoms with Gasteiger partial charge in [0.25, 0.3) is 10.0 Å². The molecule has 0 aliphatic carbocycles. The predicted octanol–water partition coefficient (Wildman–Crippen LogP) is 4.00. The molecule has 1 heterocycles. The molecule has 7 nitrogen and oxygen atoms in total. The lowest BCUT2D eigenvalue weighted by molar-refractivity contribution is 0.592. The fourth-order valence-electron chi connectivity index (χ4n) is 2.65. The van der Waals surface area contributed by atoms with Crippen LogP contribution in [0.25, 0.3) is 0 Å². The van der Waals surface area contributed by atoms with Crippen molar-refractivity contribution in [2.75, 3.05) is 5.32 Å². The highest BCUT2D eigenvalue weighted by molar-refractivity contribution is 7.90. The first-order chi connectivity index (χ1) is 14.2. The standard InChI is InChI=1S/C21H22ClN5O2S/c1-14-4-10-19(11-5-14)30(28,29)27-20(23-13-17-6-8-18(22)9-7-17)26-21-24-15(2)12-16(3)25-21/h4-12H,13H2,1-3H3,(H2,23,24,25,26,27). The second-order valence-electron chi connectivity index (χ2n) is 6.81. The van der Waals surface area contributed by atoms with Crippen molar-refractivity contribution < 1.29 is 8.42 Å². The average Bonchev–Trinajstić information content (AvgIpc) is 2.66.